The van der Waals surface area contributed by atoms with Crippen molar-refractivity contribution in [1.82, 2.24) is 4.98 Å². The van der Waals surface area contributed by atoms with Crippen LogP contribution in [0, 0.1) is 6.92 Å². The van der Waals surface area contributed by atoms with E-state index >= 15 is 0 Å². The van der Waals surface area contributed by atoms with Gasteiger partial charge in [0, 0.05) is 35.8 Å². The number of nitrogens with one attached hydrogen (secondary N) is 1. The molecule has 0 aliphatic carbocycles. The predicted octanol–water partition coefficient (Wildman–Crippen LogP) is 4.44. The molecule has 0 fully saturated rings. The zero-order valence-corrected chi connectivity index (χ0v) is 14.7. The summed E-state index contributed by atoms with van der Waals surface area (Å²) >= 11 is 1.49. The number of hydrogen-bond acceptors (Lipinski definition) is 4. The summed E-state index contributed by atoms with van der Waals surface area (Å²) in [6.07, 6.45) is 0. The second kappa shape index (κ2) is 6.84. The molecular weight excluding hydrogens is 318 g/mol. The van der Waals surface area contributed by atoms with Crippen LogP contribution in [0.4, 0.5) is 10.8 Å². The van der Waals surface area contributed by atoms with Crippen LogP contribution in [0.1, 0.15) is 15.2 Å². The number of thiazole rings is 1. The number of carbonyl (C=O) groups excluding carboxylic acids is 1. The number of hydrogen-bond donors (Lipinski definition) is 1. The Morgan fingerprint density at radius 2 is 1.83 bits per heavy atom. The lowest BCUT2D eigenvalue weighted by Crippen LogP contribution is -2.14. The quantitative estimate of drug-likeness (QED) is 0.765. The third-order valence-corrected chi connectivity index (χ3v) is 4.58. The third kappa shape index (κ3) is 3.46. The molecule has 3 aromatic rings. The molecule has 0 spiro atoms. The van der Waals surface area contributed by atoms with Crippen molar-refractivity contribution in [2.24, 2.45) is 0 Å². The summed E-state index contributed by atoms with van der Waals surface area (Å²) in [5.74, 6) is -0.146. The van der Waals surface area contributed by atoms with Gasteiger partial charge in [-0.25, -0.2) is 4.98 Å². The molecule has 1 heterocycles. The Labute approximate surface area is 145 Å². The zero-order chi connectivity index (χ0) is 17.1. The maximum Gasteiger partial charge on any atom is 0.257 e. The highest BCUT2D eigenvalue weighted by Gasteiger charge is 2.13. The summed E-state index contributed by atoms with van der Waals surface area (Å²) in [5, 5.41) is 3.52. The number of nitrogens with zero attached hydrogens (tertiary/aromatic N) is 2. The van der Waals surface area contributed by atoms with E-state index in [0.29, 0.717) is 10.7 Å². The van der Waals surface area contributed by atoms with E-state index in [1.54, 1.807) is 6.07 Å². The number of benzene rings is 2. The monoisotopic (exact) mass is 337 g/mol. The standard InChI is InChI=1S/C19H19N3OS/c1-13-17(14-8-5-4-6-9-14)20-19(24-13)21-18(23)15-10-7-11-16(12-15)22(2)3/h4-12H,1-3H3,(H,20,21,23). The molecule has 2 aromatic carbocycles. The fourth-order valence-corrected chi connectivity index (χ4v) is 3.24. The lowest BCUT2D eigenvalue weighted by molar-refractivity contribution is 0.102. The first-order valence-corrected chi connectivity index (χ1v) is 8.48. The molecule has 0 aliphatic heterocycles. The Balaban J connectivity index is 1.82. The molecule has 0 atom stereocenters. The normalized spacial score (nSPS) is 10.5. The van der Waals surface area contributed by atoms with Crippen LogP contribution in [0.25, 0.3) is 11.3 Å². The fraction of sp³-hybridized carbons (Fsp3) is 0.158. The molecule has 24 heavy (non-hydrogen) atoms. The van der Waals surface area contributed by atoms with E-state index < -0.39 is 0 Å². The number of aromatic nitrogens is 1. The first-order chi connectivity index (χ1) is 11.5. The van der Waals surface area contributed by atoms with Crippen molar-refractivity contribution < 1.29 is 4.79 Å². The predicted molar refractivity (Wildman–Crippen MR) is 101 cm³/mol. The van der Waals surface area contributed by atoms with Crippen LogP contribution in [-0.2, 0) is 0 Å². The number of rotatable bonds is 4. The first kappa shape index (κ1) is 16.2. The van der Waals surface area contributed by atoms with Crippen LogP contribution in [0.2, 0.25) is 0 Å². The first-order valence-electron chi connectivity index (χ1n) is 7.66. The molecule has 3 rings (SSSR count). The number of carbonyl (C=O) groups is 1. The van der Waals surface area contributed by atoms with Gasteiger partial charge in [-0.2, -0.15) is 0 Å². The van der Waals surface area contributed by atoms with Crippen molar-refractivity contribution in [2.45, 2.75) is 6.92 Å². The van der Waals surface area contributed by atoms with Gasteiger partial charge in [-0.1, -0.05) is 36.4 Å². The van der Waals surface area contributed by atoms with E-state index in [2.05, 4.69) is 10.3 Å². The third-order valence-electron chi connectivity index (χ3n) is 3.69. The molecule has 5 heteroatoms. The van der Waals surface area contributed by atoms with Crippen molar-refractivity contribution >= 4 is 28.1 Å². The van der Waals surface area contributed by atoms with Crippen molar-refractivity contribution in [3.05, 3.63) is 65.0 Å². The second-order valence-electron chi connectivity index (χ2n) is 5.69. The molecule has 0 unspecified atom stereocenters. The highest BCUT2D eigenvalue weighted by atomic mass is 32.1. The minimum atomic E-state index is -0.146. The molecule has 1 aromatic heterocycles. The molecule has 0 aliphatic rings. The van der Waals surface area contributed by atoms with Crippen LogP contribution in [0.5, 0.6) is 0 Å². The summed E-state index contributed by atoms with van der Waals surface area (Å²) in [7, 11) is 3.90. The molecule has 1 amide bonds. The van der Waals surface area contributed by atoms with Gasteiger partial charge in [-0.3, -0.25) is 10.1 Å². The highest BCUT2D eigenvalue weighted by Crippen LogP contribution is 2.30. The van der Waals surface area contributed by atoms with Gasteiger partial charge in [0.2, 0.25) is 0 Å². The minimum Gasteiger partial charge on any atom is -0.378 e. The van der Waals surface area contributed by atoms with Crippen LogP contribution in [0.15, 0.2) is 54.6 Å². The van der Waals surface area contributed by atoms with Gasteiger partial charge in [-0.05, 0) is 25.1 Å². The Morgan fingerprint density at radius 3 is 2.54 bits per heavy atom. The van der Waals surface area contributed by atoms with Crippen molar-refractivity contribution in [3.8, 4) is 11.3 Å². The Kier molecular flexibility index (Phi) is 4.62. The zero-order valence-electron chi connectivity index (χ0n) is 13.9. The van der Waals surface area contributed by atoms with Crippen LogP contribution in [-0.4, -0.2) is 25.0 Å². The summed E-state index contributed by atoms with van der Waals surface area (Å²) in [6, 6.07) is 17.5. The van der Waals surface area contributed by atoms with Gasteiger partial charge in [-0.15, -0.1) is 11.3 Å². The van der Waals surface area contributed by atoms with E-state index in [0.717, 1.165) is 21.8 Å². The Morgan fingerprint density at radius 1 is 1.08 bits per heavy atom. The van der Waals surface area contributed by atoms with Crippen LogP contribution in [0.3, 0.4) is 0 Å². The highest BCUT2D eigenvalue weighted by molar-refractivity contribution is 7.16. The van der Waals surface area contributed by atoms with Crippen molar-refractivity contribution in [1.29, 1.82) is 0 Å². The van der Waals surface area contributed by atoms with Gasteiger partial charge in [0.1, 0.15) is 0 Å². The molecule has 0 radical (unpaired) electrons. The van der Waals surface area contributed by atoms with Gasteiger partial charge in [0.25, 0.3) is 5.91 Å². The average molecular weight is 337 g/mol. The second-order valence-corrected chi connectivity index (χ2v) is 6.89. The average Bonchev–Trinajstić information content (AvgIpc) is 2.96. The Bertz CT molecular complexity index is 856. The van der Waals surface area contributed by atoms with Gasteiger partial charge in [0.05, 0.1) is 5.69 Å². The van der Waals surface area contributed by atoms with Gasteiger partial charge in [0.15, 0.2) is 5.13 Å². The smallest absolute Gasteiger partial charge is 0.257 e. The molecule has 0 bridgehead atoms. The lowest BCUT2D eigenvalue weighted by atomic mass is 10.1. The SMILES string of the molecule is Cc1sc(NC(=O)c2cccc(N(C)C)c2)nc1-c1ccccc1. The molecule has 0 saturated carbocycles. The largest absolute Gasteiger partial charge is 0.378 e. The van der Waals surface area contributed by atoms with E-state index in [1.807, 2.05) is 74.4 Å². The lowest BCUT2D eigenvalue weighted by Gasteiger charge is -2.13. The molecule has 1 N–H and O–H groups in total. The van der Waals surface area contributed by atoms with E-state index in [1.165, 1.54) is 11.3 Å². The van der Waals surface area contributed by atoms with Crippen molar-refractivity contribution in [2.75, 3.05) is 24.3 Å². The molecular formula is C19H19N3OS. The maximum absolute atomic E-state index is 12.5. The summed E-state index contributed by atoms with van der Waals surface area (Å²) in [5.41, 5.74) is 3.58. The number of anilines is 2. The minimum absolute atomic E-state index is 0.146. The molecule has 4 nitrogen and oxygen atoms in total. The van der Waals surface area contributed by atoms with Gasteiger partial charge < -0.3 is 4.90 Å². The van der Waals surface area contributed by atoms with Gasteiger partial charge >= 0.3 is 0 Å². The van der Waals surface area contributed by atoms with E-state index in [4.69, 9.17) is 0 Å². The summed E-state index contributed by atoms with van der Waals surface area (Å²) in [6.45, 7) is 2.02. The number of aryl methyl sites for hydroxylation is 1. The molecule has 0 saturated heterocycles. The summed E-state index contributed by atoms with van der Waals surface area (Å²) in [4.78, 5) is 20.1. The summed E-state index contributed by atoms with van der Waals surface area (Å²) < 4.78 is 0. The van der Waals surface area contributed by atoms with E-state index in [-0.39, 0.29) is 5.91 Å². The maximum atomic E-state index is 12.5. The van der Waals surface area contributed by atoms with Crippen LogP contribution >= 0.6 is 11.3 Å². The van der Waals surface area contributed by atoms with E-state index in [9.17, 15) is 4.79 Å². The molecule has 122 valence electrons. The van der Waals surface area contributed by atoms with Crippen molar-refractivity contribution in [3.63, 3.8) is 0 Å². The topological polar surface area (TPSA) is 45.2 Å². The van der Waals surface area contributed by atoms with Crippen LogP contribution < -0.4 is 10.2 Å². The Hall–Kier alpha value is -2.66. The fourth-order valence-electron chi connectivity index (χ4n) is 2.41. The number of amides is 1.